The molecule has 0 aliphatic rings. The van der Waals surface area contributed by atoms with E-state index < -0.39 is 0 Å². The number of ketones is 1. The van der Waals surface area contributed by atoms with Crippen LogP contribution in [0.5, 0.6) is 0 Å². The molecule has 18 heavy (non-hydrogen) atoms. The smallest absolute Gasteiger partial charge is 0.196 e. The predicted molar refractivity (Wildman–Crippen MR) is 71.2 cm³/mol. The van der Waals surface area contributed by atoms with Gasteiger partial charge in [0.15, 0.2) is 5.78 Å². The van der Waals surface area contributed by atoms with E-state index in [-0.39, 0.29) is 12.3 Å². The molecule has 0 radical (unpaired) electrons. The molecule has 1 N–H and O–H groups in total. The maximum Gasteiger partial charge on any atom is 0.196 e. The summed E-state index contributed by atoms with van der Waals surface area (Å²) < 4.78 is 6.56. The number of nitrogens with zero attached hydrogens (tertiary/aromatic N) is 2. The molecule has 1 unspecified atom stereocenters. The molecule has 0 aromatic carbocycles. The van der Waals surface area contributed by atoms with Gasteiger partial charge in [0.05, 0.1) is 30.9 Å². The van der Waals surface area contributed by atoms with Gasteiger partial charge >= 0.3 is 0 Å². The largest absolute Gasteiger partial charge is 0.383 e. The molecule has 102 valence electrons. The first-order chi connectivity index (χ1) is 8.60. The first-order valence-corrected chi connectivity index (χ1v) is 6.44. The maximum atomic E-state index is 12.1. The fraction of sp³-hybridized carbons (Fsp3) is 0.667. The van der Waals surface area contributed by atoms with Crippen molar-refractivity contribution in [3.05, 3.63) is 16.9 Å². The number of hydrogen-bond donors (Lipinski definition) is 1. The van der Waals surface area contributed by atoms with Crippen LogP contribution in [-0.2, 0) is 11.3 Å². The summed E-state index contributed by atoms with van der Waals surface area (Å²) in [7, 11) is 1.61. The summed E-state index contributed by atoms with van der Waals surface area (Å²) >= 11 is 6.00. The summed E-state index contributed by atoms with van der Waals surface area (Å²) in [5.74, 6) is -0.0473. The van der Waals surface area contributed by atoms with Crippen LogP contribution in [0.2, 0.25) is 5.02 Å². The third kappa shape index (κ3) is 4.08. The van der Waals surface area contributed by atoms with Gasteiger partial charge in [-0.2, -0.15) is 5.10 Å². The summed E-state index contributed by atoms with van der Waals surface area (Å²) in [5, 5.41) is 7.62. The van der Waals surface area contributed by atoms with Crippen LogP contribution >= 0.6 is 11.6 Å². The van der Waals surface area contributed by atoms with E-state index in [1.54, 1.807) is 11.8 Å². The minimum absolute atomic E-state index is 0.0473. The zero-order valence-electron chi connectivity index (χ0n) is 11.1. The van der Waals surface area contributed by atoms with E-state index in [1.807, 2.05) is 6.92 Å². The van der Waals surface area contributed by atoms with E-state index in [4.69, 9.17) is 16.3 Å². The minimum Gasteiger partial charge on any atom is -0.383 e. The molecule has 0 saturated heterocycles. The fourth-order valence-corrected chi connectivity index (χ4v) is 1.73. The zero-order valence-corrected chi connectivity index (χ0v) is 11.8. The Hall–Kier alpha value is -0.910. The van der Waals surface area contributed by atoms with Crippen LogP contribution in [0, 0.1) is 0 Å². The van der Waals surface area contributed by atoms with E-state index >= 15 is 0 Å². The Morgan fingerprint density at radius 1 is 1.67 bits per heavy atom. The highest BCUT2D eigenvalue weighted by atomic mass is 35.5. The molecule has 6 heteroatoms. The van der Waals surface area contributed by atoms with Crippen LogP contribution in [0.3, 0.4) is 0 Å². The lowest BCUT2D eigenvalue weighted by molar-refractivity contribution is 0.0974. The molecule has 1 atom stereocenters. The molecule has 1 aromatic heterocycles. The second-order valence-electron chi connectivity index (χ2n) is 4.17. The Morgan fingerprint density at radius 2 is 2.39 bits per heavy atom. The van der Waals surface area contributed by atoms with Crippen LogP contribution in [0.15, 0.2) is 6.20 Å². The fourth-order valence-electron chi connectivity index (χ4n) is 1.48. The number of ether oxygens (including phenoxy) is 1. The standard InChI is InChI=1S/C12H20ClN3O2/c1-4-9(2)14-8-11(17)12-10(13)7-15-16(12)5-6-18-3/h7,9,14H,4-6,8H2,1-3H3. The maximum absolute atomic E-state index is 12.1. The van der Waals surface area contributed by atoms with Gasteiger partial charge < -0.3 is 10.1 Å². The third-order valence-electron chi connectivity index (χ3n) is 2.79. The van der Waals surface area contributed by atoms with Gasteiger partial charge in [-0.05, 0) is 13.3 Å². The summed E-state index contributed by atoms with van der Waals surface area (Å²) in [5.41, 5.74) is 0.449. The normalized spacial score (nSPS) is 12.7. The van der Waals surface area contributed by atoms with Crippen molar-refractivity contribution < 1.29 is 9.53 Å². The van der Waals surface area contributed by atoms with Crippen LogP contribution < -0.4 is 5.32 Å². The number of carbonyl (C=O) groups excluding carboxylic acids is 1. The molecule has 0 amide bonds. The van der Waals surface area contributed by atoms with E-state index in [0.717, 1.165) is 6.42 Å². The number of carbonyl (C=O) groups is 1. The topological polar surface area (TPSA) is 56.2 Å². The molecule has 0 bridgehead atoms. The molecular formula is C12H20ClN3O2. The molecule has 0 spiro atoms. The third-order valence-corrected chi connectivity index (χ3v) is 3.07. The number of Topliss-reactive ketones (excluding diaryl/α,β-unsaturated/α-hetero) is 1. The summed E-state index contributed by atoms with van der Waals surface area (Å²) in [6.45, 7) is 5.40. The van der Waals surface area contributed by atoms with Crippen molar-refractivity contribution >= 4 is 17.4 Å². The van der Waals surface area contributed by atoms with Gasteiger partial charge in [0, 0.05) is 13.2 Å². The number of rotatable bonds is 8. The highest BCUT2D eigenvalue weighted by Gasteiger charge is 2.17. The highest BCUT2D eigenvalue weighted by molar-refractivity contribution is 6.33. The van der Waals surface area contributed by atoms with Crippen LogP contribution in [0.1, 0.15) is 30.8 Å². The molecule has 1 aromatic rings. The first kappa shape index (κ1) is 15.1. The molecule has 5 nitrogen and oxygen atoms in total. The molecule has 1 heterocycles. The van der Waals surface area contributed by atoms with Gasteiger partial charge in [-0.25, -0.2) is 0 Å². The average Bonchev–Trinajstić information content (AvgIpc) is 2.74. The average molecular weight is 274 g/mol. The van der Waals surface area contributed by atoms with Gasteiger partial charge in [-0.3, -0.25) is 9.48 Å². The van der Waals surface area contributed by atoms with Gasteiger partial charge in [0.2, 0.25) is 0 Å². The van der Waals surface area contributed by atoms with Crippen molar-refractivity contribution in [2.75, 3.05) is 20.3 Å². The molecule has 0 aliphatic heterocycles. The number of hydrogen-bond acceptors (Lipinski definition) is 4. The predicted octanol–water partition coefficient (Wildman–Crippen LogP) is 1.75. The van der Waals surface area contributed by atoms with Crippen molar-refractivity contribution in [2.24, 2.45) is 0 Å². The van der Waals surface area contributed by atoms with Gasteiger partial charge in [-0.15, -0.1) is 0 Å². The number of halogens is 1. The number of methoxy groups -OCH3 is 1. The Balaban J connectivity index is 2.68. The Kier molecular flexibility index (Phi) is 6.32. The van der Waals surface area contributed by atoms with Crippen molar-refractivity contribution in [3.8, 4) is 0 Å². The lowest BCUT2D eigenvalue weighted by Gasteiger charge is -2.11. The zero-order chi connectivity index (χ0) is 13.5. The summed E-state index contributed by atoms with van der Waals surface area (Å²) in [4.78, 5) is 12.1. The quantitative estimate of drug-likeness (QED) is 0.733. The molecule has 0 aliphatic carbocycles. The molecule has 0 fully saturated rings. The van der Waals surface area contributed by atoms with Gasteiger partial charge in [-0.1, -0.05) is 18.5 Å². The second-order valence-corrected chi connectivity index (χ2v) is 4.58. The van der Waals surface area contributed by atoms with E-state index in [0.29, 0.717) is 29.9 Å². The monoisotopic (exact) mass is 273 g/mol. The number of nitrogens with one attached hydrogen (secondary N) is 1. The Labute approximate surface area is 112 Å². The molecular weight excluding hydrogens is 254 g/mol. The minimum atomic E-state index is -0.0473. The number of aromatic nitrogens is 2. The van der Waals surface area contributed by atoms with Crippen LogP contribution in [-0.4, -0.2) is 41.9 Å². The summed E-state index contributed by atoms with van der Waals surface area (Å²) in [6, 6.07) is 0.308. The van der Waals surface area contributed by atoms with Gasteiger partial charge in [0.1, 0.15) is 5.69 Å². The SMILES string of the molecule is CCC(C)NCC(=O)c1c(Cl)cnn1CCOC. The van der Waals surface area contributed by atoms with Gasteiger partial charge in [0.25, 0.3) is 0 Å². The Morgan fingerprint density at radius 3 is 3.00 bits per heavy atom. The van der Waals surface area contributed by atoms with Crippen molar-refractivity contribution in [3.63, 3.8) is 0 Å². The van der Waals surface area contributed by atoms with E-state index in [9.17, 15) is 4.79 Å². The van der Waals surface area contributed by atoms with Crippen molar-refractivity contribution in [1.82, 2.24) is 15.1 Å². The van der Waals surface area contributed by atoms with E-state index in [1.165, 1.54) is 6.20 Å². The van der Waals surface area contributed by atoms with Crippen LogP contribution in [0.25, 0.3) is 0 Å². The summed E-state index contributed by atoms with van der Waals surface area (Å²) in [6.07, 6.45) is 2.47. The van der Waals surface area contributed by atoms with Crippen LogP contribution in [0.4, 0.5) is 0 Å². The lowest BCUT2D eigenvalue weighted by atomic mass is 10.2. The van der Waals surface area contributed by atoms with Crippen molar-refractivity contribution in [2.45, 2.75) is 32.9 Å². The Bertz CT molecular complexity index is 393. The molecule has 1 rings (SSSR count). The first-order valence-electron chi connectivity index (χ1n) is 6.07. The molecule has 0 saturated carbocycles. The highest BCUT2D eigenvalue weighted by Crippen LogP contribution is 2.15. The lowest BCUT2D eigenvalue weighted by Crippen LogP contribution is -2.32. The van der Waals surface area contributed by atoms with E-state index in [2.05, 4.69) is 17.3 Å². The van der Waals surface area contributed by atoms with Crippen molar-refractivity contribution in [1.29, 1.82) is 0 Å². The second kappa shape index (κ2) is 7.51.